The molecule has 31 heavy (non-hydrogen) atoms. The van der Waals surface area contributed by atoms with Crippen molar-refractivity contribution in [3.63, 3.8) is 0 Å². The van der Waals surface area contributed by atoms with E-state index in [1.165, 1.54) is 21.0 Å². The van der Waals surface area contributed by atoms with Crippen LogP contribution in [0, 0.1) is 6.92 Å². The van der Waals surface area contributed by atoms with Crippen molar-refractivity contribution >= 4 is 15.5 Å². The molecule has 0 unspecified atom stereocenters. The fourth-order valence-electron chi connectivity index (χ4n) is 3.64. The van der Waals surface area contributed by atoms with Crippen LogP contribution in [0.3, 0.4) is 0 Å². The van der Waals surface area contributed by atoms with Crippen molar-refractivity contribution in [3.8, 4) is 17.1 Å². The van der Waals surface area contributed by atoms with Gasteiger partial charge in [-0.3, -0.25) is 4.79 Å². The molecule has 1 aromatic carbocycles. The number of β-amino-alcohol motifs (C(OH)–C–C–N with tert-alkyl or cyclic N) is 1. The average molecular weight is 448 g/mol. The number of nitrogens with zero attached hydrogens (tertiary/aromatic N) is 4. The van der Waals surface area contributed by atoms with E-state index in [1.807, 2.05) is 13.8 Å². The van der Waals surface area contributed by atoms with Gasteiger partial charge in [-0.1, -0.05) is 6.92 Å². The predicted octanol–water partition coefficient (Wildman–Crippen LogP) is 1.11. The standard InChI is InChI=1S/C20H25N5O5S/c1-4-6-17-21-12(3)18-20(27)22-19(23-25(17)18)15-9-14(7-8-16(15)30-5-2)31(28,29)24-10-13(26)11-24/h7-9,13,26H,4-6,10-11H2,1-3H3,(H,22,23,27). The van der Waals surface area contributed by atoms with Gasteiger partial charge in [-0.2, -0.15) is 4.31 Å². The van der Waals surface area contributed by atoms with Gasteiger partial charge in [0.15, 0.2) is 11.3 Å². The highest BCUT2D eigenvalue weighted by Gasteiger charge is 2.36. The summed E-state index contributed by atoms with van der Waals surface area (Å²) in [4.78, 5) is 20.1. The Bertz CT molecular complexity index is 1290. The normalized spacial score (nSPS) is 15.4. The first-order valence-corrected chi connectivity index (χ1v) is 11.6. The Morgan fingerprint density at radius 2 is 2.03 bits per heavy atom. The molecule has 0 bridgehead atoms. The second-order valence-electron chi connectivity index (χ2n) is 7.49. The Hall–Kier alpha value is -2.76. The maximum absolute atomic E-state index is 12.9. The van der Waals surface area contributed by atoms with E-state index in [0.29, 0.717) is 41.4 Å². The van der Waals surface area contributed by atoms with Crippen molar-refractivity contribution < 1.29 is 18.3 Å². The highest BCUT2D eigenvalue weighted by Crippen LogP contribution is 2.32. The Morgan fingerprint density at radius 1 is 1.29 bits per heavy atom. The average Bonchev–Trinajstić information content (AvgIpc) is 3.02. The zero-order valence-electron chi connectivity index (χ0n) is 17.6. The Kier molecular flexibility index (Phi) is 5.58. The van der Waals surface area contributed by atoms with E-state index in [9.17, 15) is 18.3 Å². The number of H-pyrrole nitrogens is 1. The lowest BCUT2D eigenvalue weighted by molar-refractivity contribution is 0.0548. The summed E-state index contributed by atoms with van der Waals surface area (Å²) in [6.07, 6.45) is 0.829. The molecule has 0 amide bonds. The van der Waals surface area contributed by atoms with E-state index in [2.05, 4.69) is 15.1 Å². The van der Waals surface area contributed by atoms with Crippen LogP contribution in [0.25, 0.3) is 16.9 Å². The summed E-state index contributed by atoms with van der Waals surface area (Å²) in [6, 6.07) is 4.45. The van der Waals surface area contributed by atoms with E-state index >= 15 is 0 Å². The molecule has 1 aliphatic rings. The molecule has 0 radical (unpaired) electrons. The van der Waals surface area contributed by atoms with Gasteiger partial charge in [-0.15, -0.1) is 5.10 Å². The lowest BCUT2D eigenvalue weighted by atomic mass is 10.2. The molecule has 3 aromatic rings. The number of hydrogen-bond donors (Lipinski definition) is 2. The zero-order valence-corrected chi connectivity index (χ0v) is 18.4. The molecule has 1 aliphatic heterocycles. The van der Waals surface area contributed by atoms with Gasteiger partial charge in [0.05, 0.1) is 28.9 Å². The minimum Gasteiger partial charge on any atom is -0.493 e. The van der Waals surface area contributed by atoms with Crippen LogP contribution < -0.4 is 10.3 Å². The molecule has 0 saturated carbocycles. The smallest absolute Gasteiger partial charge is 0.277 e. The van der Waals surface area contributed by atoms with E-state index in [4.69, 9.17) is 4.74 Å². The summed E-state index contributed by atoms with van der Waals surface area (Å²) in [7, 11) is -3.78. The van der Waals surface area contributed by atoms with Gasteiger partial charge in [-0.25, -0.2) is 17.9 Å². The van der Waals surface area contributed by atoms with Crippen molar-refractivity contribution in [2.24, 2.45) is 0 Å². The van der Waals surface area contributed by atoms with Crippen molar-refractivity contribution in [2.45, 2.75) is 44.6 Å². The highest BCUT2D eigenvalue weighted by molar-refractivity contribution is 7.89. The number of hydrogen-bond acceptors (Lipinski definition) is 7. The lowest BCUT2D eigenvalue weighted by Gasteiger charge is -2.34. The first kappa shape index (κ1) is 21.5. The van der Waals surface area contributed by atoms with Crippen LogP contribution in [0.1, 0.15) is 31.8 Å². The molecule has 2 aromatic heterocycles. The molecule has 4 rings (SSSR count). The number of aliphatic hydroxyl groups excluding tert-OH is 1. The summed E-state index contributed by atoms with van der Waals surface area (Å²) in [5.41, 5.74) is 0.945. The number of fused-ring (bicyclic) bond motifs is 1. The maximum atomic E-state index is 12.9. The highest BCUT2D eigenvalue weighted by atomic mass is 32.2. The Balaban J connectivity index is 1.89. The van der Waals surface area contributed by atoms with Gasteiger partial charge < -0.3 is 14.8 Å². The molecule has 1 fully saturated rings. The van der Waals surface area contributed by atoms with Gasteiger partial charge >= 0.3 is 0 Å². The second-order valence-corrected chi connectivity index (χ2v) is 9.43. The summed E-state index contributed by atoms with van der Waals surface area (Å²) in [5, 5.41) is 14.1. The van der Waals surface area contributed by atoms with E-state index in [1.54, 1.807) is 13.0 Å². The number of rotatable bonds is 7. The third-order valence-electron chi connectivity index (χ3n) is 5.19. The molecule has 0 atom stereocenters. The molecular formula is C20H25N5O5S. The molecular weight excluding hydrogens is 422 g/mol. The third kappa shape index (κ3) is 3.73. The van der Waals surface area contributed by atoms with Gasteiger partial charge in [0.2, 0.25) is 10.0 Å². The summed E-state index contributed by atoms with van der Waals surface area (Å²) in [6.45, 7) is 6.05. The molecule has 3 heterocycles. The van der Waals surface area contributed by atoms with Crippen LogP contribution in [0.2, 0.25) is 0 Å². The number of benzene rings is 1. The van der Waals surface area contributed by atoms with Crippen molar-refractivity contribution in [1.82, 2.24) is 23.9 Å². The largest absolute Gasteiger partial charge is 0.493 e. The van der Waals surface area contributed by atoms with Gasteiger partial charge in [0, 0.05) is 19.5 Å². The third-order valence-corrected chi connectivity index (χ3v) is 7.02. The van der Waals surface area contributed by atoms with E-state index < -0.39 is 16.1 Å². The monoisotopic (exact) mass is 447 g/mol. The van der Waals surface area contributed by atoms with Crippen LogP contribution in [0.15, 0.2) is 27.9 Å². The van der Waals surface area contributed by atoms with Gasteiger partial charge in [0.1, 0.15) is 11.6 Å². The van der Waals surface area contributed by atoms with Crippen LogP contribution >= 0.6 is 0 Å². The number of aliphatic hydroxyl groups is 1. The van der Waals surface area contributed by atoms with Crippen LogP contribution in [-0.4, -0.2) is 63.2 Å². The minimum atomic E-state index is -3.78. The molecule has 10 nitrogen and oxygen atoms in total. The molecule has 2 N–H and O–H groups in total. The van der Waals surface area contributed by atoms with E-state index in [-0.39, 0.29) is 29.4 Å². The summed E-state index contributed by atoms with van der Waals surface area (Å²) >= 11 is 0. The summed E-state index contributed by atoms with van der Waals surface area (Å²) < 4.78 is 34.2. The van der Waals surface area contributed by atoms with Crippen molar-refractivity contribution in [1.29, 1.82) is 0 Å². The number of nitrogens with one attached hydrogen (secondary N) is 1. The quantitative estimate of drug-likeness (QED) is 0.555. The van der Waals surface area contributed by atoms with Crippen LogP contribution in [-0.2, 0) is 16.4 Å². The maximum Gasteiger partial charge on any atom is 0.277 e. The van der Waals surface area contributed by atoms with Crippen LogP contribution in [0.4, 0.5) is 0 Å². The lowest BCUT2D eigenvalue weighted by Crippen LogP contribution is -2.53. The number of aryl methyl sites for hydroxylation is 2. The Morgan fingerprint density at radius 3 is 2.68 bits per heavy atom. The minimum absolute atomic E-state index is 0.0381. The number of aromatic amines is 1. The zero-order chi connectivity index (χ0) is 22.3. The molecule has 0 spiro atoms. The number of ether oxygens (including phenoxy) is 1. The van der Waals surface area contributed by atoms with Crippen LogP contribution in [0.5, 0.6) is 5.75 Å². The topological polar surface area (TPSA) is 130 Å². The fraction of sp³-hybridized carbons (Fsp3) is 0.450. The molecule has 166 valence electrons. The number of sulfonamides is 1. The van der Waals surface area contributed by atoms with Gasteiger partial charge in [-0.05, 0) is 38.5 Å². The number of imidazole rings is 1. The first-order chi connectivity index (χ1) is 14.8. The SMILES string of the molecule is CCCc1nc(C)c2c(=O)[nH]c(-c3cc(S(=O)(=O)N4CC(O)C4)ccc3OCC)nn12. The fourth-order valence-corrected chi connectivity index (χ4v) is 5.18. The van der Waals surface area contributed by atoms with Crippen molar-refractivity contribution in [3.05, 3.63) is 40.1 Å². The predicted molar refractivity (Wildman–Crippen MR) is 114 cm³/mol. The molecule has 1 saturated heterocycles. The van der Waals surface area contributed by atoms with Crippen molar-refractivity contribution in [2.75, 3.05) is 19.7 Å². The summed E-state index contributed by atoms with van der Waals surface area (Å²) in [5.74, 6) is 1.26. The second kappa shape index (κ2) is 8.06. The Labute approximate surface area is 179 Å². The van der Waals surface area contributed by atoms with Gasteiger partial charge in [0.25, 0.3) is 5.56 Å². The van der Waals surface area contributed by atoms with E-state index in [0.717, 1.165) is 6.42 Å². The number of aromatic nitrogens is 4. The molecule has 0 aliphatic carbocycles. The molecule has 11 heteroatoms. The first-order valence-electron chi connectivity index (χ1n) is 10.2.